The second-order valence-electron chi connectivity index (χ2n) is 12.3. The summed E-state index contributed by atoms with van der Waals surface area (Å²) in [6, 6.07) is 27.7. The van der Waals surface area contributed by atoms with Crippen molar-refractivity contribution in [2.75, 3.05) is 11.7 Å². The van der Waals surface area contributed by atoms with Gasteiger partial charge in [0.15, 0.2) is 11.5 Å². The molecule has 2 amide bonds. The summed E-state index contributed by atoms with van der Waals surface area (Å²) in [7, 11) is -5.28. The van der Waals surface area contributed by atoms with Crippen LogP contribution < -0.4 is 87.8 Å². The second kappa shape index (κ2) is 15.8. The Hall–Kier alpha value is -3.94. The summed E-state index contributed by atoms with van der Waals surface area (Å²) in [6.45, 7) is 2.51. The first-order valence-corrected chi connectivity index (χ1v) is 17.6. The molecule has 256 valence electrons. The Kier molecular flexibility index (Phi) is 11.6. The number of pyridine rings is 2. The standard InChI is InChI=1S/C38H31N4O8P.2Na/c1-24-18-25-6-2-3-7-26(25)22-41(24)37(43)31-21-36-35(48-23-49-36)20-30(31)34-19-32(33-8-4-5-17-40(33)34)38(44)42(28-13-15-39-16-14-28)27-9-11-29(12-10-27)50-51(45,46)47;;/h2-17,19-21,24H,18,22-23H2,1H3,(H2,45,46,47);;/q;2*+1/p-2/t24-;;/m1../s1. The summed E-state index contributed by atoms with van der Waals surface area (Å²) < 4.78 is 29.0. The van der Waals surface area contributed by atoms with Crippen molar-refractivity contribution in [3.05, 3.63) is 138 Å². The number of carbonyl (C=O) groups excluding carboxylic acids is 2. The third kappa shape index (κ3) is 7.70. The molecule has 2 aliphatic heterocycles. The van der Waals surface area contributed by atoms with Gasteiger partial charge in [0.1, 0.15) is 13.6 Å². The molecular weight excluding hydrogens is 717 g/mol. The fraction of sp³-hybridized carbons (Fsp3) is 0.132. The predicted molar refractivity (Wildman–Crippen MR) is 184 cm³/mol. The number of aromatic nitrogens is 2. The Bertz CT molecular complexity index is 2370. The van der Waals surface area contributed by atoms with E-state index in [-0.39, 0.29) is 83.6 Å². The van der Waals surface area contributed by atoms with Crippen molar-refractivity contribution in [3.8, 4) is 28.5 Å². The van der Waals surface area contributed by atoms with Crippen molar-refractivity contribution >= 4 is 36.5 Å². The molecule has 6 aromatic rings. The predicted octanol–water partition coefficient (Wildman–Crippen LogP) is -0.489. The first kappa shape index (κ1) is 38.8. The molecule has 0 radical (unpaired) electrons. The smallest absolute Gasteiger partial charge is 0.780 e. The average molecular weight is 747 g/mol. The third-order valence-corrected chi connectivity index (χ3v) is 9.56. The number of nitrogens with zero attached hydrogens (tertiary/aromatic N) is 4. The van der Waals surface area contributed by atoms with Gasteiger partial charge < -0.3 is 37.6 Å². The van der Waals surface area contributed by atoms with E-state index in [4.69, 9.17) is 9.47 Å². The first-order valence-electron chi connectivity index (χ1n) is 16.1. The largest absolute Gasteiger partial charge is 1.00 e. The molecule has 3 aromatic carbocycles. The zero-order chi connectivity index (χ0) is 35.3. The molecule has 0 aliphatic carbocycles. The van der Waals surface area contributed by atoms with E-state index in [0.29, 0.717) is 57.3 Å². The van der Waals surface area contributed by atoms with Gasteiger partial charge in [-0.1, -0.05) is 30.3 Å². The fourth-order valence-corrected chi connectivity index (χ4v) is 7.13. The van der Waals surface area contributed by atoms with E-state index >= 15 is 0 Å². The Labute approximate surface area is 349 Å². The number of anilines is 2. The van der Waals surface area contributed by atoms with Crippen LogP contribution in [-0.2, 0) is 17.5 Å². The van der Waals surface area contributed by atoms with Gasteiger partial charge in [-0.05, 0) is 91.2 Å². The van der Waals surface area contributed by atoms with Crippen LogP contribution in [0.15, 0.2) is 116 Å². The van der Waals surface area contributed by atoms with Crippen LogP contribution in [0.4, 0.5) is 11.4 Å². The van der Waals surface area contributed by atoms with Crippen LogP contribution in [0.5, 0.6) is 17.2 Å². The summed E-state index contributed by atoms with van der Waals surface area (Å²) in [6.07, 6.45) is 5.64. The summed E-state index contributed by atoms with van der Waals surface area (Å²) in [5.41, 5.74) is 5.62. The van der Waals surface area contributed by atoms with Crippen LogP contribution in [0, 0.1) is 0 Å². The van der Waals surface area contributed by atoms with Crippen LogP contribution in [-0.4, -0.2) is 38.9 Å². The molecule has 53 heavy (non-hydrogen) atoms. The molecule has 0 bridgehead atoms. The molecule has 0 N–H and O–H groups in total. The van der Waals surface area contributed by atoms with Gasteiger partial charge in [0.25, 0.3) is 11.8 Å². The quantitative estimate of drug-likeness (QED) is 0.156. The van der Waals surface area contributed by atoms with Crippen LogP contribution >= 0.6 is 7.82 Å². The second-order valence-corrected chi connectivity index (χ2v) is 13.4. The van der Waals surface area contributed by atoms with Crippen molar-refractivity contribution in [3.63, 3.8) is 0 Å². The Morgan fingerprint density at radius 1 is 0.849 bits per heavy atom. The van der Waals surface area contributed by atoms with Gasteiger partial charge in [0.2, 0.25) is 6.79 Å². The van der Waals surface area contributed by atoms with Crippen LogP contribution in [0.3, 0.4) is 0 Å². The first-order chi connectivity index (χ1) is 24.6. The Morgan fingerprint density at radius 2 is 1.51 bits per heavy atom. The van der Waals surface area contributed by atoms with Gasteiger partial charge in [-0.2, -0.15) is 0 Å². The molecule has 0 fully saturated rings. The van der Waals surface area contributed by atoms with Crippen molar-refractivity contribution in [2.45, 2.75) is 25.9 Å². The molecule has 1 atom stereocenters. The number of benzene rings is 3. The summed E-state index contributed by atoms with van der Waals surface area (Å²) in [5.74, 6) is 0.172. The van der Waals surface area contributed by atoms with Crippen LogP contribution in [0.2, 0.25) is 0 Å². The molecule has 12 nitrogen and oxygen atoms in total. The molecule has 3 aromatic heterocycles. The maximum atomic E-state index is 14.7. The molecule has 0 saturated carbocycles. The summed E-state index contributed by atoms with van der Waals surface area (Å²) in [4.78, 5) is 59.1. The number of ether oxygens (including phenoxy) is 2. The number of amides is 2. The summed E-state index contributed by atoms with van der Waals surface area (Å²) in [5, 5.41) is 0. The molecule has 8 rings (SSSR count). The van der Waals surface area contributed by atoms with E-state index in [1.165, 1.54) is 34.7 Å². The minimum atomic E-state index is -5.28. The average Bonchev–Trinajstić information content (AvgIpc) is 3.76. The Morgan fingerprint density at radius 3 is 2.23 bits per heavy atom. The molecule has 0 unspecified atom stereocenters. The van der Waals surface area contributed by atoms with Gasteiger partial charge >= 0.3 is 59.1 Å². The van der Waals surface area contributed by atoms with E-state index in [0.717, 1.165) is 12.0 Å². The molecule has 2 aliphatic rings. The van der Waals surface area contributed by atoms with Gasteiger partial charge in [0, 0.05) is 42.4 Å². The minimum Gasteiger partial charge on any atom is -0.780 e. The number of hydrogen-bond donors (Lipinski definition) is 0. The number of carbonyl (C=O) groups is 2. The third-order valence-electron chi connectivity index (χ3n) is 9.13. The molecule has 0 spiro atoms. The zero-order valence-electron chi connectivity index (χ0n) is 29.2. The number of phosphoric ester groups is 1. The van der Waals surface area contributed by atoms with Crippen molar-refractivity contribution in [2.24, 2.45) is 0 Å². The summed E-state index contributed by atoms with van der Waals surface area (Å²) >= 11 is 0. The maximum Gasteiger partial charge on any atom is 1.00 e. The van der Waals surface area contributed by atoms with Crippen LogP contribution in [0.1, 0.15) is 38.8 Å². The van der Waals surface area contributed by atoms with Crippen molar-refractivity contribution in [1.82, 2.24) is 14.3 Å². The van der Waals surface area contributed by atoms with E-state index in [2.05, 4.69) is 15.6 Å². The SMILES string of the molecule is C[C@@H]1Cc2ccccc2CN1C(=O)c1cc2c(cc1-c1cc(C(=O)N(c3ccncc3)c3ccc(OP(=O)([O-])[O-])cc3)c3ccccn13)OCO2.[Na+].[Na+]. The number of phosphoric acid groups is 1. The maximum absolute atomic E-state index is 14.7. The van der Waals surface area contributed by atoms with Gasteiger partial charge in [-0.3, -0.25) is 19.5 Å². The minimum absolute atomic E-state index is 0. The zero-order valence-corrected chi connectivity index (χ0v) is 34.1. The fourth-order valence-electron chi connectivity index (χ4n) is 6.75. The van der Waals surface area contributed by atoms with Crippen molar-refractivity contribution < 1.29 is 97.1 Å². The Balaban J connectivity index is 0.00000240. The van der Waals surface area contributed by atoms with Gasteiger partial charge in [-0.15, -0.1) is 0 Å². The van der Waals surface area contributed by atoms with Crippen molar-refractivity contribution in [1.29, 1.82) is 0 Å². The van der Waals surface area contributed by atoms with Crippen LogP contribution in [0.25, 0.3) is 16.8 Å². The monoisotopic (exact) mass is 746 g/mol. The molecule has 15 heteroatoms. The molecule has 5 heterocycles. The van der Waals surface area contributed by atoms with Gasteiger partial charge in [0.05, 0.1) is 28.0 Å². The number of hydrogen-bond acceptors (Lipinski definition) is 9. The van der Waals surface area contributed by atoms with Gasteiger partial charge in [-0.25, -0.2) is 0 Å². The van der Waals surface area contributed by atoms with E-state index < -0.39 is 13.7 Å². The normalized spacial score (nSPS) is 14.5. The van der Waals surface area contributed by atoms with E-state index in [1.54, 1.807) is 42.7 Å². The molecule has 0 saturated heterocycles. The van der Waals surface area contributed by atoms with E-state index in [1.807, 2.05) is 58.8 Å². The number of fused-ring (bicyclic) bond motifs is 3. The number of rotatable bonds is 7. The van der Waals surface area contributed by atoms with E-state index in [9.17, 15) is 23.9 Å². The molecular formula is C38H29N4Na2O8P. The topological polar surface area (TPSA) is 149 Å².